The summed E-state index contributed by atoms with van der Waals surface area (Å²) >= 11 is 0. The number of guanidine groups is 1. The fourth-order valence-corrected chi connectivity index (χ4v) is 2.93. The van der Waals surface area contributed by atoms with Crippen LogP contribution in [-0.4, -0.2) is 80.7 Å². The third kappa shape index (κ3) is 9.90. The van der Waals surface area contributed by atoms with Crippen LogP contribution in [0.3, 0.4) is 0 Å². The van der Waals surface area contributed by atoms with Crippen molar-refractivity contribution in [3.8, 4) is 5.75 Å². The van der Waals surface area contributed by atoms with Crippen molar-refractivity contribution in [3.05, 3.63) is 29.8 Å². The zero-order valence-electron chi connectivity index (χ0n) is 17.2. The molecule has 1 aliphatic heterocycles. The van der Waals surface area contributed by atoms with Crippen LogP contribution in [0, 0.1) is 6.92 Å². The van der Waals surface area contributed by atoms with Crippen molar-refractivity contribution < 1.29 is 14.6 Å². The predicted octanol–water partition coefficient (Wildman–Crippen LogP) is 1.63. The molecule has 0 bridgehead atoms. The van der Waals surface area contributed by atoms with Gasteiger partial charge in [-0.3, -0.25) is 9.89 Å². The third-order valence-corrected chi connectivity index (χ3v) is 4.24. The zero-order valence-corrected chi connectivity index (χ0v) is 19.6. The third-order valence-electron chi connectivity index (χ3n) is 4.24. The lowest BCUT2D eigenvalue weighted by molar-refractivity contribution is -0.0179. The number of hydrogen-bond donors (Lipinski definition) is 3. The Balaban J connectivity index is 0.00000392. The summed E-state index contributed by atoms with van der Waals surface area (Å²) in [5.41, 5.74) is 0.301. The summed E-state index contributed by atoms with van der Waals surface area (Å²) in [6.07, 6.45) is 0. The van der Waals surface area contributed by atoms with E-state index < -0.39 is 5.60 Å². The molecule has 0 saturated carbocycles. The molecule has 0 aromatic heterocycles. The second-order valence-electron chi connectivity index (χ2n) is 7.17. The molecule has 1 aromatic carbocycles. The minimum atomic E-state index is -0.877. The Labute approximate surface area is 185 Å². The number of rotatable bonds is 9. The van der Waals surface area contributed by atoms with E-state index in [1.54, 1.807) is 0 Å². The van der Waals surface area contributed by atoms with E-state index in [0.717, 1.165) is 38.6 Å². The molecule has 3 N–H and O–H groups in total. The summed E-state index contributed by atoms with van der Waals surface area (Å²) in [6, 6.07) is 8.00. The highest BCUT2D eigenvalue weighted by Gasteiger charge is 2.25. The van der Waals surface area contributed by atoms with E-state index in [1.807, 2.05) is 45.0 Å². The monoisotopic (exact) mass is 506 g/mol. The normalized spacial score (nSPS) is 17.4. The summed E-state index contributed by atoms with van der Waals surface area (Å²) in [5.74, 6) is 1.56. The van der Waals surface area contributed by atoms with Crippen LogP contribution >= 0.6 is 24.0 Å². The molecular formula is C20H35IN4O3. The second kappa shape index (κ2) is 13.2. The van der Waals surface area contributed by atoms with Gasteiger partial charge < -0.3 is 25.2 Å². The number of ether oxygens (including phenoxy) is 2. The van der Waals surface area contributed by atoms with Crippen molar-refractivity contribution in [2.75, 3.05) is 59.1 Å². The number of aryl methyl sites for hydroxylation is 1. The van der Waals surface area contributed by atoms with Crippen molar-refractivity contribution in [2.45, 2.75) is 26.4 Å². The molecule has 1 aliphatic rings. The van der Waals surface area contributed by atoms with Gasteiger partial charge in [-0.05, 0) is 38.5 Å². The molecule has 7 nitrogen and oxygen atoms in total. The van der Waals surface area contributed by atoms with Gasteiger partial charge in [-0.15, -0.1) is 24.0 Å². The number of morpholine rings is 1. The van der Waals surface area contributed by atoms with Gasteiger partial charge in [0.05, 0.1) is 31.9 Å². The molecule has 1 fully saturated rings. The van der Waals surface area contributed by atoms with Crippen LogP contribution in [0.15, 0.2) is 29.3 Å². The van der Waals surface area contributed by atoms with Crippen LogP contribution in [0.25, 0.3) is 0 Å². The van der Waals surface area contributed by atoms with Crippen LogP contribution in [0.1, 0.15) is 19.4 Å². The van der Waals surface area contributed by atoms with Crippen LogP contribution in [0.4, 0.5) is 0 Å². The van der Waals surface area contributed by atoms with Crippen LogP contribution in [0.5, 0.6) is 5.75 Å². The number of aliphatic imine (C=N–C) groups is 1. The summed E-state index contributed by atoms with van der Waals surface area (Å²) in [5, 5.41) is 17.1. The van der Waals surface area contributed by atoms with Gasteiger partial charge in [0.1, 0.15) is 12.4 Å². The van der Waals surface area contributed by atoms with E-state index in [-0.39, 0.29) is 24.0 Å². The lowest BCUT2D eigenvalue weighted by Gasteiger charge is -2.33. The van der Waals surface area contributed by atoms with E-state index >= 15 is 0 Å². The minimum absolute atomic E-state index is 0. The highest BCUT2D eigenvalue weighted by molar-refractivity contribution is 14.0. The Morgan fingerprint density at radius 2 is 2.07 bits per heavy atom. The van der Waals surface area contributed by atoms with Crippen LogP contribution in [0.2, 0.25) is 0 Å². The molecule has 28 heavy (non-hydrogen) atoms. The smallest absolute Gasteiger partial charge is 0.191 e. The molecule has 160 valence electrons. The Morgan fingerprint density at radius 1 is 1.32 bits per heavy atom. The molecule has 0 radical (unpaired) electrons. The van der Waals surface area contributed by atoms with Gasteiger partial charge in [-0.2, -0.15) is 0 Å². The van der Waals surface area contributed by atoms with Crippen molar-refractivity contribution in [3.63, 3.8) is 0 Å². The summed E-state index contributed by atoms with van der Waals surface area (Å²) in [4.78, 5) is 6.76. The van der Waals surface area contributed by atoms with Gasteiger partial charge in [0.25, 0.3) is 0 Å². The van der Waals surface area contributed by atoms with Crippen LogP contribution in [-0.2, 0) is 4.74 Å². The largest absolute Gasteiger partial charge is 0.492 e. The highest BCUT2D eigenvalue weighted by atomic mass is 127. The van der Waals surface area contributed by atoms with Crippen molar-refractivity contribution in [2.24, 2.45) is 4.99 Å². The highest BCUT2D eigenvalue weighted by Crippen LogP contribution is 2.12. The Morgan fingerprint density at radius 3 is 2.75 bits per heavy atom. The summed E-state index contributed by atoms with van der Waals surface area (Å²) in [7, 11) is 0. The second-order valence-corrected chi connectivity index (χ2v) is 7.17. The SMILES string of the molecule is CCNC(=NCC(C)(O)CN1CCOCC1)NCCOc1cccc(C)c1.I. The molecule has 2 rings (SSSR count). The van der Waals surface area contributed by atoms with Crippen LogP contribution < -0.4 is 15.4 Å². The van der Waals surface area contributed by atoms with E-state index in [2.05, 4.69) is 20.5 Å². The lowest BCUT2D eigenvalue weighted by atomic mass is 10.1. The molecule has 8 heteroatoms. The topological polar surface area (TPSA) is 78.4 Å². The number of benzene rings is 1. The fourth-order valence-electron chi connectivity index (χ4n) is 2.93. The maximum atomic E-state index is 10.7. The number of halogens is 1. The number of β-amino-alcohol motifs (C(OH)–C–C–N with tert-alkyl or cyclic N) is 1. The zero-order chi connectivity index (χ0) is 19.5. The molecule has 0 spiro atoms. The summed E-state index contributed by atoms with van der Waals surface area (Å²) in [6.45, 7) is 11.9. The molecular weight excluding hydrogens is 471 g/mol. The van der Waals surface area contributed by atoms with Gasteiger partial charge in [-0.25, -0.2) is 0 Å². The number of hydrogen-bond acceptors (Lipinski definition) is 5. The first-order valence-corrected chi connectivity index (χ1v) is 9.72. The first-order valence-electron chi connectivity index (χ1n) is 9.72. The Bertz CT molecular complexity index is 593. The number of nitrogens with zero attached hydrogens (tertiary/aromatic N) is 2. The quantitative estimate of drug-likeness (QED) is 0.205. The number of nitrogens with one attached hydrogen (secondary N) is 2. The van der Waals surface area contributed by atoms with Crippen molar-refractivity contribution in [1.82, 2.24) is 15.5 Å². The Hall–Kier alpha value is -1.10. The average molecular weight is 506 g/mol. The van der Waals surface area contributed by atoms with Gasteiger partial charge in [0, 0.05) is 26.2 Å². The van der Waals surface area contributed by atoms with E-state index in [1.165, 1.54) is 5.56 Å². The maximum absolute atomic E-state index is 10.7. The molecule has 1 saturated heterocycles. The molecule has 0 aliphatic carbocycles. The summed E-state index contributed by atoms with van der Waals surface area (Å²) < 4.78 is 11.1. The number of aliphatic hydroxyl groups is 1. The maximum Gasteiger partial charge on any atom is 0.191 e. The fraction of sp³-hybridized carbons (Fsp3) is 0.650. The van der Waals surface area contributed by atoms with E-state index in [4.69, 9.17) is 9.47 Å². The minimum Gasteiger partial charge on any atom is -0.492 e. The molecule has 1 aromatic rings. The molecule has 0 amide bonds. The standard InChI is InChI=1S/C20H34N4O3.HI/c1-4-21-19(22-8-11-27-18-7-5-6-17(2)14-18)23-15-20(3,25)16-24-9-12-26-13-10-24;/h5-7,14,25H,4,8-13,15-16H2,1-3H3,(H2,21,22,23);1H. The van der Waals surface area contributed by atoms with Gasteiger partial charge in [0.2, 0.25) is 0 Å². The van der Waals surface area contributed by atoms with Crippen molar-refractivity contribution >= 4 is 29.9 Å². The predicted molar refractivity (Wildman–Crippen MR) is 124 cm³/mol. The van der Waals surface area contributed by atoms with E-state index in [9.17, 15) is 5.11 Å². The Kier molecular flexibility index (Phi) is 11.7. The molecule has 1 unspecified atom stereocenters. The molecule has 1 heterocycles. The molecule has 1 atom stereocenters. The van der Waals surface area contributed by atoms with Gasteiger partial charge in [0.15, 0.2) is 5.96 Å². The first-order chi connectivity index (χ1) is 13.0. The van der Waals surface area contributed by atoms with Gasteiger partial charge >= 0.3 is 0 Å². The first kappa shape index (κ1) is 24.9. The average Bonchev–Trinajstić information content (AvgIpc) is 2.64. The van der Waals surface area contributed by atoms with Crippen molar-refractivity contribution in [1.29, 1.82) is 0 Å². The van der Waals surface area contributed by atoms with Gasteiger partial charge in [-0.1, -0.05) is 12.1 Å². The van der Waals surface area contributed by atoms with E-state index in [0.29, 0.717) is 32.2 Å². The lowest BCUT2D eigenvalue weighted by Crippen LogP contribution is -2.48.